The van der Waals surface area contributed by atoms with Crippen molar-refractivity contribution in [2.45, 2.75) is 44.4 Å². The fourth-order valence-electron chi connectivity index (χ4n) is 4.00. The third-order valence-corrected chi connectivity index (χ3v) is 5.25. The maximum atomic E-state index is 11.4. The summed E-state index contributed by atoms with van der Waals surface area (Å²) in [5, 5.41) is 17.5. The van der Waals surface area contributed by atoms with Gasteiger partial charge in [-0.15, -0.1) is 0 Å². The van der Waals surface area contributed by atoms with Gasteiger partial charge >= 0.3 is 6.09 Å². The maximum absolute atomic E-state index is 11.4. The number of rotatable bonds is 3. The van der Waals surface area contributed by atoms with E-state index >= 15 is 0 Å². The summed E-state index contributed by atoms with van der Waals surface area (Å²) in [5.74, 6) is 0. The first-order valence-corrected chi connectivity index (χ1v) is 9.03. The number of carbonyl (C=O) groups is 1. The Morgan fingerprint density at radius 1 is 1.32 bits per heavy atom. The second-order valence-corrected chi connectivity index (χ2v) is 6.89. The molecular weight excluding hydrogens is 320 g/mol. The molecule has 1 amide bonds. The fraction of sp³-hybridized carbons (Fsp3) is 0.556. The van der Waals surface area contributed by atoms with Gasteiger partial charge in [0.05, 0.1) is 11.7 Å². The van der Waals surface area contributed by atoms with E-state index in [0.29, 0.717) is 13.1 Å². The lowest BCUT2D eigenvalue weighted by molar-refractivity contribution is 0.00470. The molecule has 7 nitrogen and oxygen atoms in total. The molecule has 0 aliphatic carbocycles. The number of piperidine rings is 1. The predicted octanol–water partition coefficient (Wildman–Crippen LogP) is 3.04. The maximum Gasteiger partial charge on any atom is 0.407 e. The minimum atomic E-state index is -0.834. The average Bonchev–Trinajstić information content (AvgIpc) is 3.11. The Morgan fingerprint density at radius 3 is 3.04 bits per heavy atom. The van der Waals surface area contributed by atoms with Crippen LogP contribution >= 0.6 is 0 Å². The minimum absolute atomic E-state index is 0.0110. The van der Waals surface area contributed by atoms with Gasteiger partial charge < -0.3 is 19.6 Å². The third kappa shape index (κ3) is 3.28. The SMILES string of the molecule is O=C(O)N1CCCC(N(c2ccc3[nH]ncc3c2)C2CCCCO2)C1. The smallest absolute Gasteiger partial charge is 0.407 e. The van der Waals surface area contributed by atoms with Gasteiger partial charge in [-0.2, -0.15) is 5.10 Å². The molecule has 2 aliphatic heterocycles. The van der Waals surface area contributed by atoms with Crippen LogP contribution in [0, 0.1) is 0 Å². The molecule has 0 bridgehead atoms. The molecule has 0 radical (unpaired) electrons. The van der Waals surface area contributed by atoms with Crippen LogP contribution in [0.15, 0.2) is 24.4 Å². The first kappa shape index (κ1) is 16.2. The number of hydrogen-bond acceptors (Lipinski definition) is 4. The molecule has 1 aromatic carbocycles. The number of benzene rings is 1. The summed E-state index contributed by atoms with van der Waals surface area (Å²) < 4.78 is 6.07. The molecule has 2 atom stereocenters. The van der Waals surface area contributed by atoms with E-state index in [1.54, 1.807) is 0 Å². The van der Waals surface area contributed by atoms with E-state index in [1.807, 2.05) is 12.3 Å². The third-order valence-electron chi connectivity index (χ3n) is 5.25. The Morgan fingerprint density at radius 2 is 2.24 bits per heavy atom. The average molecular weight is 344 g/mol. The van der Waals surface area contributed by atoms with Gasteiger partial charge in [0.15, 0.2) is 0 Å². The highest BCUT2D eigenvalue weighted by atomic mass is 16.5. The normalized spacial score (nSPS) is 24.4. The summed E-state index contributed by atoms with van der Waals surface area (Å²) in [6.07, 6.45) is 6.08. The zero-order chi connectivity index (χ0) is 17.2. The van der Waals surface area contributed by atoms with Crippen LogP contribution in [0.5, 0.6) is 0 Å². The van der Waals surface area contributed by atoms with Crippen molar-refractivity contribution in [3.05, 3.63) is 24.4 Å². The van der Waals surface area contributed by atoms with Crippen molar-refractivity contribution in [3.8, 4) is 0 Å². The molecule has 25 heavy (non-hydrogen) atoms. The Balaban J connectivity index is 1.66. The van der Waals surface area contributed by atoms with Crippen molar-refractivity contribution in [3.63, 3.8) is 0 Å². The van der Waals surface area contributed by atoms with Crippen molar-refractivity contribution in [2.24, 2.45) is 0 Å². The molecule has 2 unspecified atom stereocenters. The Bertz CT molecular complexity index is 741. The molecule has 2 saturated heterocycles. The van der Waals surface area contributed by atoms with E-state index in [0.717, 1.165) is 55.3 Å². The number of amides is 1. The van der Waals surface area contributed by atoms with Gasteiger partial charge in [-0.3, -0.25) is 5.10 Å². The zero-order valence-corrected chi connectivity index (χ0v) is 14.2. The highest BCUT2D eigenvalue weighted by molar-refractivity contribution is 5.82. The quantitative estimate of drug-likeness (QED) is 0.894. The molecule has 1 aromatic heterocycles. The summed E-state index contributed by atoms with van der Waals surface area (Å²) in [7, 11) is 0. The van der Waals surface area contributed by atoms with Crippen LogP contribution in [0.25, 0.3) is 10.9 Å². The number of aromatic amines is 1. The second-order valence-electron chi connectivity index (χ2n) is 6.89. The van der Waals surface area contributed by atoms with E-state index in [9.17, 15) is 9.90 Å². The van der Waals surface area contributed by atoms with E-state index in [4.69, 9.17) is 4.74 Å². The molecule has 2 fully saturated rings. The van der Waals surface area contributed by atoms with Crippen molar-refractivity contribution in [1.82, 2.24) is 15.1 Å². The summed E-state index contributed by atoms with van der Waals surface area (Å²) in [6, 6.07) is 6.37. The fourth-order valence-corrected chi connectivity index (χ4v) is 4.00. The summed E-state index contributed by atoms with van der Waals surface area (Å²) in [4.78, 5) is 15.3. The van der Waals surface area contributed by atoms with Crippen LogP contribution in [0.1, 0.15) is 32.1 Å². The number of anilines is 1. The lowest BCUT2D eigenvalue weighted by Gasteiger charge is -2.44. The Labute approximate surface area is 146 Å². The Hall–Kier alpha value is -2.28. The lowest BCUT2D eigenvalue weighted by atomic mass is 10.0. The molecule has 0 spiro atoms. The second kappa shape index (κ2) is 6.92. The molecule has 2 aliphatic rings. The number of carboxylic acid groups (broad SMARTS) is 1. The highest BCUT2D eigenvalue weighted by Crippen LogP contribution is 2.31. The van der Waals surface area contributed by atoms with Gasteiger partial charge in [0, 0.05) is 36.8 Å². The van der Waals surface area contributed by atoms with Gasteiger partial charge in [0.25, 0.3) is 0 Å². The molecular formula is C18H24N4O3. The Kier molecular flexibility index (Phi) is 4.48. The van der Waals surface area contributed by atoms with Gasteiger partial charge in [-0.25, -0.2) is 4.79 Å². The minimum Gasteiger partial charge on any atom is -0.465 e. The highest BCUT2D eigenvalue weighted by Gasteiger charge is 2.33. The monoisotopic (exact) mass is 344 g/mol. The molecule has 0 saturated carbocycles. The number of nitrogens with one attached hydrogen (secondary N) is 1. The topological polar surface area (TPSA) is 81.7 Å². The van der Waals surface area contributed by atoms with Crippen LogP contribution in [-0.2, 0) is 4.74 Å². The van der Waals surface area contributed by atoms with Crippen LogP contribution in [0.3, 0.4) is 0 Å². The standard InChI is InChI=1S/C18H24N4O3/c23-18(24)21-8-3-4-15(12-21)22(17-5-1-2-9-25-17)14-6-7-16-13(10-14)11-19-20-16/h6-7,10-11,15,17H,1-5,8-9,12H2,(H,19,20)(H,23,24). The van der Waals surface area contributed by atoms with Crippen LogP contribution in [0.2, 0.25) is 0 Å². The number of hydrogen-bond donors (Lipinski definition) is 2. The molecule has 2 N–H and O–H groups in total. The van der Waals surface area contributed by atoms with E-state index in [2.05, 4.69) is 27.2 Å². The molecule has 4 rings (SSSR count). The summed E-state index contributed by atoms with van der Waals surface area (Å²) in [5.41, 5.74) is 2.09. The van der Waals surface area contributed by atoms with Gasteiger partial charge in [-0.05, 0) is 50.3 Å². The van der Waals surface area contributed by atoms with Gasteiger partial charge in [-0.1, -0.05) is 0 Å². The van der Waals surface area contributed by atoms with Crippen LogP contribution in [0.4, 0.5) is 10.5 Å². The van der Waals surface area contributed by atoms with E-state index in [1.165, 1.54) is 4.90 Å². The van der Waals surface area contributed by atoms with Crippen molar-refractivity contribution >= 4 is 22.7 Å². The first-order chi connectivity index (χ1) is 12.2. The molecule has 3 heterocycles. The number of H-pyrrole nitrogens is 1. The zero-order valence-electron chi connectivity index (χ0n) is 14.2. The van der Waals surface area contributed by atoms with Crippen molar-refractivity contribution in [2.75, 3.05) is 24.6 Å². The molecule has 7 heteroatoms. The number of fused-ring (bicyclic) bond motifs is 1. The van der Waals surface area contributed by atoms with E-state index < -0.39 is 6.09 Å². The summed E-state index contributed by atoms with van der Waals surface area (Å²) in [6.45, 7) is 1.91. The van der Waals surface area contributed by atoms with Crippen LogP contribution in [-0.4, -0.2) is 58.3 Å². The molecule has 134 valence electrons. The van der Waals surface area contributed by atoms with E-state index in [-0.39, 0.29) is 12.3 Å². The van der Waals surface area contributed by atoms with Gasteiger partial charge in [0.1, 0.15) is 6.23 Å². The summed E-state index contributed by atoms with van der Waals surface area (Å²) >= 11 is 0. The number of ether oxygens (including phenoxy) is 1. The number of likely N-dealkylation sites (tertiary alicyclic amines) is 1. The number of nitrogens with zero attached hydrogens (tertiary/aromatic N) is 3. The largest absolute Gasteiger partial charge is 0.465 e. The van der Waals surface area contributed by atoms with Gasteiger partial charge in [0.2, 0.25) is 0 Å². The van der Waals surface area contributed by atoms with Crippen molar-refractivity contribution < 1.29 is 14.6 Å². The van der Waals surface area contributed by atoms with Crippen molar-refractivity contribution in [1.29, 1.82) is 0 Å². The molecule has 2 aromatic rings. The predicted molar refractivity (Wildman–Crippen MR) is 94.8 cm³/mol. The number of aromatic nitrogens is 2. The first-order valence-electron chi connectivity index (χ1n) is 9.03. The van der Waals surface area contributed by atoms with Crippen LogP contribution < -0.4 is 4.90 Å². The lowest BCUT2D eigenvalue weighted by Crippen LogP contribution is -2.54.